The lowest BCUT2D eigenvalue weighted by Crippen LogP contribution is -2.36. The monoisotopic (exact) mass is 393 g/mol. The molecule has 1 aliphatic heterocycles. The molecular weight excluding hydrogens is 361 g/mol. The van der Waals surface area contributed by atoms with Gasteiger partial charge in [0.2, 0.25) is 0 Å². The highest BCUT2D eigenvalue weighted by molar-refractivity contribution is 5.65. The number of halogens is 1. The van der Waals surface area contributed by atoms with E-state index in [4.69, 9.17) is 5.73 Å². The van der Waals surface area contributed by atoms with Gasteiger partial charge in [-0.1, -0.05) is 62.1 Å². The normalized spacial score (nSPS) is 16.7. The molecule has 0 radical (unpaired) electrons. The minimum absolute atomic E-state index is 0.221. The first-order valence-electron chi connectivity index (χ1n) is 10.1. The predicted molar refractivity (Wildman–Crippen MR) is 122 cm³/mol. The molecule has 4 heteroatoms. The van der Waals surface area contributed by atoms with Gasteiger partial charge in [-0.25, -0.2) is 4.39 Å². The number of nitrogens with one attached hydrogen (secondary N) is 2. The van der Waals surface area contributed by atoms with Crippen LogP contribution in [0.15, 0.2) is 67.4 Å². The van der Waals surface area contributed by atoms with E-state index in [-0.39, 0.29) is 12.0 Å². The molecule has 2 aromatic rings. The molecule has 1 saturated heterocycles. The Balaban J connectivity index is 0.000000278. The summed E-state index contributed by atoms with van der Waals surface area (Å²) in [7, 11) is 1.76. The van der Waals surface area contributed by atoms with Crippen LogP contribution in [-0.2, 0) is 6.42 Å². The second-order valence-electron chi connectivity index (χ2n) is 7.16. The van der Waals surface area contributed by atoms with Gasteiger partial charge in [-0.15, -0.1) is 5.73 Å². The molecule has 29 heavy (non-hydrogen) atoms. The van der Waals surface area contributed by atoms with Gasteiger partial charge in [0.15, 0.2) is 0 Å². The SMILES string of the molecule is C=C=CC1CCCCN1.C=Cc1ccc(-c2ccc(CC(N)NC)c(F)c2)cc1. The molecule has 1 heterocycles. The summed E-state index contributed by atoms with van der Waals surface area (Å²) in [5.74, 6) is -0.221. The van der Waals surface area contributed by atoms with Crippen LogP contribution in [0.1, 0.15) is 30.4 Å². The predicted octanol–water partition coefficient (Wildman–Crippen LogP) is 4.65. The highest BCUT2D eigenvalue weighted by Gasteiger charge is 2.09. The fraction of sp³-hybridized carbons (Fsp3) is 0.320. The molecule has 2 unspecified atom stereocenters. The van der Waals surface area contributed by atoms with E-state index in [1.807, 2.05) is 36.4 Å². The Bertz CT molecular complexity index is 816. The molecule has 1 aliphatic rings. The largest absolute Gasteiger partial charge is 0.316 e. The molecule has 2 atom stereocenters. The fourth-order valence-electron chi connectivity index (χ4n) is 3.21. The molecule has 154 valence electrons. The van der Waals surface area contributed by atoms with Crippen molar-refractivity contribution in [2.24, 2.45) is 5.73 Å². The van der Waals surface area contributed by atoms with Crippen molar-refractivity contribution < 1.29 is 4.39 Å². The molecule has 3 rings (SSSR count). The number of benzene rings is 2. The lowest BCUT2D eigenvalue weighted by Gasteiger charge is -2.18. The average molecular weight is 394 g/mol. The third kappa shape index (κ3) is 7.45. The first-order chi connectivity index (χ1) is 14.1. The number of rotatable bonds is 6. The van der Waals surface area contributed by atoms with Crippen molar-refractivity contribution in [1.82, 2.24) is 10.6 Å². The van der Waals surface area contributed by atoms with Gasteiger partial charge in [-0.05, 0) is 60.8 Å². The second kappa shape index (κ2) is 12.2. The van der Waals surface area contributed by atoms with Crippen LogP contribution in [0.4, 0.5) is 4.39 Å². The summed E-state index contributed by atoms with van der Waals surface area (Å²) in [4.78, 5) is 0. The minimum atomic E-state index is -0.234. The van der Waals surface area contributed by atoms with Crippen LogP contribution in [0.3, 0.4) is 0 Å². The van der Waals surface area contributed by atoms with Crippen LogP contribution in [0, 0.1) is 5.82 Å². The highest BCUT2D eigenvalue weighted by Crippen LogP contribution is 2.23. The summed E-state index contributed by atoms with van der Waals surface area (Å²) in [6.07, 6.45) is 7.95. The maximum Gasteiger partial charge on any atom is 0.127 e. The van der Waals surface area contributed by atoms with E-state index in [9.17, 15) is 4.39 Å². The average Bonchev–Trinajstić information content (AvgIpc) is 2.76. The summed E-state index contributed by atoms with van der Waals surface area (Å²) < 4.78 is 14.1. The lowest BCUT2D eigenvalue weighted by molar-refractivity contribution is 0.455. The van der Waals surface area contributed by atoms with Gasteiger partial charge < -0.3 is 16.4 Å². The topological polar surface area (TPSA) is 50.1 Å². The first-order valence-corrected chi connectivity index (χ1v) is 10.1. The summed E-state index contributed by atoms with van der Waals surface area (Å²) >= 11 is 0. The van der Waals surface area contributed by atoms with Gasteiger partial charge in [-0.2, -0.15) is 0 Å². The number of likely N-dealkylation sites (N-methyl/N-ethyl adjacent to an activating group) is 1. The molecule has 0 bridgehead atoms. The molecule has 0 amide bonds. The zero-order chi connectivity index (χ0) is 21.1. The number of piperidine rings is 1. The maximum atomic E-state index is 14.1. The van der Waals surface area contributed by atoms with E-state index in [0.29, 0.717) is 18.0 Å². The van der Waals surface area contributed by atoms with Crippen molar-refractivity contribution in [3.05, 3.63) is 84.4 Å². The van der Waals surface area contributed by atoms with Crippen molar-refractivity contribution in [1.29, 1.82) is 0 Å². The van der Waals surface area contributed by atoms with Crippen LogP contribution < -0.4 is 16.4 Å². The Hall–Kier alpha value is -2.49. The van der Waals surface area contributed by atoms with Gasteiger partial charge in [-0.3, -0.25) is 0 Å². The Morgan fingerprint density at radius 2 is 1.97 bits per heavy atom. The zero-order valence-corrected chi connectivity index (χ0v) is 17.3. The molecule has 1 fully saturated rings. The van der Waals surface area contributed by atoms with Gasteiger partial charge in [0.05, 0.1) is 6.17 Å². The molecule has 4 N–H and O–H groups in total. The quantitative estimate of drug-likeness (QED) is 0.494. The summed E-state index contributed by atoms with van der Waals surface area (Å²) in [5.41, 5.74) is 12.1. The fourth-order valence-corrected chi connectivity index (χ4v) is 3.21. The van der Waals surface area contributed by atoms with Crippen molar-refractivity contribution in [2.75, 3.05) is 13.6 Å². The summed E-state index contributed by atoms with van der Waals surface area (Å²) in [6.45, 7) is 8.41. The van der Waals surface area contributed by atoms with Crippen LogP contribution in [0.25, 0.3) is 17.2 Å². The van der Waals surface area contributed by atoms with E-state index < -0.39 is 0 Å². The van der Waals surface area contributed by atoms with Gasteiger partial charge in [0, 0.05) is 12.5 Å². The summed E-state index contributed by atoms with van der Waals surface area (Å²) in [5, 5.41) is 6.26. The minimum Gasteiger partial charge on any atom is -0.316 e. The smallest absolute Gasteiger partial charge is 0.127 e. The van der Waals surface area contributed by atoms with E-state index in [1.54, 1.807) is 25.3 Å². The van der Waals surface area contributed by atoms with Crippen LogP contribution in [-0.4, -0.2) is 25.8 Å². The third-order valence-electron chi connectivity index (χ3n) is 5.01. The molecule has 0 aromatic heterocycles. The zero-order valence-electron chi connectivity index (χ0n) is 17.3. The standard InChI is InChI=1S/C17H19FN2.C8H13N/c1-3-12-4-6-13(7-5-12)14-8-9-15(16(18)10-14)11-17(19)20-2;1-2-5-8-6-3-4-7-9-8/h3-10,17,20H,1,11,19H2,2H3;5,8-9H,1,3-4,6-7H2. The van der Waals surface area contributed by atoms with Crippen molar-refractivity contribution >= 4 is 6.08 Å². The lowest BCUT2D eigenvalue weighted by atomic mass is 10.0. The highest BCUT2D eigenvalue weighted by atomic mass is 19.1. The number of hydrogen-bond donors (Lipinski definition) is 3. The Morgan fingerprint density at radius 3 is 2.52 bits per heavy atom. The van der Waals surface area contributed by atoms with Crippen molar-refractivity contribution in [3.63, 3.8) is 0 Å². The number of nitrogens with two attached hydrogens (primary N) is 1. The molecule has 3 nitrogen and oxygen atoms in total. The third-order valence-corrected chi connectivity index (χ3v) is 5.01. The molecule has 2 aromatic carbocycles. The maximum absolute atomic E-state index is 14.1. The van der Waals surface area contributed by atoms with Crippen LogP contribution in [0.5, 0.6) is 0 Å². The molecule has 0 saturated carbocycles. The van der Waals surface area contributed by atoms with E-state index >= 15 is 0 Å². The van der Waals surface area contributed by atoms with Gasteiger partial charge in [0.25, 0.3) is 0 Å². The van der Waals surface area contributed by atoms with Crippen molar-refractivity contribution in [3.8, 4) is 11.1 Å². The van der Waals surface area contributed by atoms with Gasteiger partial charge in [0.1, 0.15) is 5.82 Å². The molecule has 0 spiro atoms. The van der Waals surface area contributed by atoms with Gasteiger partial charge >= 0.3 is 0 Å². The molecule has 0 aliphatic carbocycles. The van der Waals surface area contributed by atoms with E-state index in [0.717, 1.165) is 23.2 Å². The molecular formula is C25H32FN3. The Kier molecular flexibility index (Phi) is 9.55. The Morgan fingerprint density at radius 1 is 1.24 bits per heavy atom. The van der Waals surface area contributed by atoms with Crippen LogP contribution >= 0.6 is 0 Å². The Labute approximate surface area is 174 Å². The van der Waals surface area contributed by atoms with Crippen molar-refractivity contribution in [2.45, 2.75) is 37.9 Å². The van der Waals surface area contributed by atoms with E-state index in [2.05, 4.69) is 29.5 Å². The first kappa shape index (κ1) is 22.8. The second-order valence-corrected chi connectivity index (χ2v) is 7.16. The van der Waals surface area contributed by atoms with Crippen LogP contribution in [0.2, 0.25) is 0 Å². The van der Waals surface area contributed by atoms with E-state index in [1.165, 1.54) is 19.3 Å². The summed E-state index contributed by atoms with van der Waals surface area (Å²) in [6, 6.07) is 13.7. The number of hydrogen-bond acceptors (Lipinski definition) is 3.